The Bertz CT molecular complexity index is 2560. The van der Waals surface area contributed by atoms with Crippen LogP contribution < -0.4 is 20.7 Å². The molecule has 2 bridgehead atoms. The Hall–Kier alpha value is -5.44. The van der Waals surface area contributed by atoms with Crippen LogP contribution in [0.3, 0.4) is 0 Å². The third-order valence-electron chi connectivity index (χ3n) is 11.9. The lowest BCUT2D eigenvalue weighted by Gasteiger charge is -2.54. The number of nitrogens with zero attached hydrogens (tertiary/aromatic N) is 1. The molecule has 2 aliphatic heterocycles. The standard InChI is InChI=1S/C44H27NSi/c1-3-13-27(14-4-1)46(28-15-5-2-6-16-28)37-23-11-19-29-30-25-26-33-39-31-17-7-9-20-34(31)44(35-21-10-8-18-32(35)39)36-22-12-24-38(46)43(36)45(41(29)37)42(30)40(33)44/h1-26,39H. The second kappa shape index (κ2) is 7.85. The molecule has 0 radical (unpaired) electrons. The summed E-state index contributed by atoms with van der Waals surface area (Å²) in [6, 6.07) is 61.0. The van der Waals surface area contributed by atoms with Crippen molar-refractivity contribution in [3.63, 3.8) is 0 Å². The molecule has 2 heteroatoms. The summed E-state index contributed by atoms with van der Waals surface area (Å²) in [5, 5.41) is 8.62. The summed E-state index contributed by atoms with van der Waals surface area (Å²) in [6.07, 6.45) is 0. The Morgan fingerprint density at radius 1 is 0.435 bits per heavy atom. The fourth-order valence-corrected chi connectivity index (χ4v) is 15.7. The molecule has 3 aliphatic carbocycles. The van der Waals surface area contributed by atoms with Gasteiger partial charge in [-0.2, -0.15) is 0 Å². The first-order valence-electron chi connectivity index (χ1n) is 16.4. The normalized spacial score (nSPS) is 19.8. The molecule has 5 aliphatic rings. The lowest BCUT2D eigenvalue weighted by molar-refractivity contribution is 0.623. The van der Waals surface area contributed by atoms with E-state index in [1.807, 2.05) is 0 Å². The van der Waals surface area contributed by atoms with Crippen LogP contribution in [0.25, 0.3) is 27.5 Å². The first-order chi connectivity index (χ1) is 22.9. The summed E-state index contributed by atoms with van der Waals surface area (Å²) in [6.45, 7) is 0. The number of hydrogen-bond donors (Lipinski definition) is 0. The highest BCUT2D eigenvalue weighted by Crippen LogP contribution is 2.66. The van der Waals surface area contributed by atoms with Gasteiger partial charge in [-0.05, 0) is 54.1 Å². The van der Waals surface area contributed by atoms with Crippen molar-refractivity contribution in [3.8, 4) is 5.69 Å². The van der Waals surface area contributed by atoms with E-state index in [1.165, 1.54) is 87.2 Å². The first kappa shape index (κ1) is 23.9. The summed E-state index contributed by atoms with van der Waals surface area (Å²) in [5.41, 5.74) is 14.1. The van der Waals surface area contributed by atoms with Gasteiger partial charge in [-0.1, -0.05) is 158 Å². The molecule has 3 heterocycles. The van der Waals surface area contributed by atoms with E-state index in [2.05, 4.69) is 162 Å². The molecule has 0 atom stereocenters. The number of para-hydroxylation sites is 2. The summed E-state index contributed by atoms with van der Waals surface area (Å²) in [7, 11) is -2.75. The molecule has 0 saturated carbocycles. The van der Waals surface area contributed by atoms with Crippen LogP contribution >= 0.6 is 0 Å². The third kappa shape index (κ3) is 2.31. The molecule has 0 saturated heterocycles. The number of aromatic nitrogens is 1. The quantitative estimate of drug-likeness (QED) is 0.190. The Kier molecular flexibility index (Phi) is 4.07. The Morgan fingerprint density at radius 3 is 1.70 bits per heavy atom. The molecule has 1 aromatic heterocycles. The van der Waals surface area contributed by atoms with Gasteiger partial charge in [0, 0.05) is 22.3 Å². The van der Waals surface area contributed by atoms with Crippen LogP contribution in [0.4, 0.5) is 0 Å². The molecular weight excluding hydrogens is 571 g/mol. The van der Waals surface area contributed by atoms with E-state index in [0.717, 1.165) is 0 Å². The fourth-order valence-electron chi connectivity index (χ4n) is 10.6. The summed E-state index contributed by atoms with van der Waals surface area (Å²) >= 11 is 0. The van der Waals surface area contributed by atoms with Gasteiger partial charge in [0.1, 0.15) is 0 Å². The molecule has 7 aromatic carbocycles. The molecule has 1 nitrogen and oxygen atoms in total. The van der Waals surface area contributed by atoms with Crippen molar-refractivity contribution in [2.24, 2.45) is 0 Å². The Morgan fingerprint density at radius 2 is 1.00 bits per heavy atom. The maximum absolute atomic E-state index is 2.75. The minimum atomic E-state index is -2.75. The van der Waals surface area contributed by atoms with Gasteiger partial charge in [0.15, 0.2) is 8.07 Å². The predicted octanol–water partition coefficient (Wildman–Crippen LogP) is 6.98. The Balaban J connectivity index is 1.41. The fraction of sp³-hybridized carbons (Fsp3) is 0.0455. The van der Waals surface area contributed by atoms with Gasteiger partial charge in [-0.3, -0.25) is 0 Å². The van der Waals surface area contributed by atoms with Crippen LogP contribution in [0.2, 0.25) is 0 Å². The van der Waals surface area contributed by atoms with Gasteiger partial charge < -0.3 is 4.57 Å². The van der Waals surface area contributed by atoms with Gasteiger partial charge in [0.2, 0.25) is 0 Å². The van der Waals surface area contributed by atoms with Gasteiger partial charge in [-0.15, -0.1) is 0 Å². The second-order valence-electron chi connectivity index (χ2n) is 13.5. The van der Waals surface area contributed by atoms with E-state index >= 15 is 0 Å². The number of hydrogen-bond acceptors (Lipinski definition) is 0. The monoisotopic (exact) mass is 597 g/mol. The number of rotatable bonds is 2. The van der Waals surface area contributed by atoms with E-state index < -0.39 is 8.07 Å². The molecule has 0 amide bonds. The maximum Gasteiger partial charge on any atom is 0.184 e. The van der Waals surface area contributed by atoms with E-state index in [4.69, 9.17) is 0 Å². The first-order valence-corrected chi connectivity index (χ1v) is 18.4. The van der Waals surface area contributed by atoms with Crippen molar-refractivity contribution in [2.75, 3.05) is 0 Å². The topological polar surface area (TPSA) is 4.93 Å². The lowest BCUT2D eigenvalue weighted by atomic mass is 9.50. The molecule has 13 rings (SSSR count). The van der Waals surface area contributed by atoms with Crippen molar-refractivity contribution in [1.82, 2.24) is 4.57 Å². The largest absolute Gasteiger partial charge is 0.309 e. The van der Waals surface area contributed by atoms with Gasteiger partial charge in [-0.25, -0.2) is 0 Å². The molecule has 8 aromatic rings. The molecule has 1 spiro atoms. The molecule has 46 heavy (non-hydrogen) atoms. The van der Waals surface area contributed by atoms with Gasteiger partial charge in [0.25, 0.3) is 0 Å². The molecule has 212 valence electrons. The lowest BCUT2D eigenvalue weighted by Crippen LogP contribution is -2.77. The van der Waals surface area contributed by atoms with Crippen LogP contribution in [-0.2, 0) is 5.41 Å². The minimum Gasteiger partial charge on any atom is -0.309 e. The molecular formula is C44H27NSi. The van der Waals surface area contributed by atoms with E-state index in [-0.39, 0.29) is 11.3 Å². The zero-order chi connectivity index (χ0) is 29.8. The van der Waals surface area contributed by atoms with Crippen molar-refractivity contribution >= 4 is 50.6 Å². The number of fused-ring (bicyclic) bond motifs is 1. The summed E-state index contributed by atoms with van der Waals surface area (Å²) in [5.74, 6) is 0.245. The van der Waals surface area contributed by atoms with Crippen LogP contribution in [0.5, 0.6) is 0 Å². The molecule has 0 unspecified atom stereocenters. The second-order valence-corrected chi connectivity index (χ2v) is 17.2. The van der Waals surface area contributed by atoms with Crippen molar-refractivity contribution in [3.05, 3.63) is 197 Å². The zero-order valence-electron chi connectivity index (χ0n) is 25.0. The zero-order valence-corrected chi connectivity index (χ0v) is 26.0. The molecule has 0 N–H and O–H groups in total. The SMILES string of the molecule is c1ccc([Si]2(c3ccccc3)c3cccc4c3-n3c5c2cccc5c2ccc5c(c23)C42c3ccccc3C5c3ccccc32)cc1. The number of benzene rings is 7. The average molecular weight is 598 g/mol. The average Bonchev–Trinajstić information content (AvgIpc) is 3.48. The van der Waals surface area contributed by atoms with Crippen LogP contribution in [0, 0.1) is 0 Å². The highest BCUT2D eigenvalue weighted by Gasteiger charge is 2.59. The van der Waals surface area contributed by atoms with E-state index in [9.17, 15) is 0 Å². The highest BCUT2D eigenvalue weighted by atomic mass is 28.3. The Labute approximate surface area is 268 Å². The van der Waals surface area contributed by atoms with Crippen LogP contribution in [0.1, 0.15) is 44.9 Å². The van der Waals surface area contributed by atoms with Crippen LogP contribution in [-0.4, -0.2) is 12.6 Å². The van der Waals surface area contributed by atoms with Crippen molar-refractivity contribution in [1.29, 1.82) is 0 Å². The molecule has 0 fully saturated rings. The van der Waals surface area contributed by atoms with E-state index in [1.54, 1.807) is 0 Å². The minimum absolute atomic E-state index is 0.245. The van der Waals surface area contributed by atoms with Gasteiger partial charge >= 0.3 is 0 Å². The summed E-state index contributed by atoms with van der Waals surface area (Å²) in [4.78, 5) is 0. The van der Waals surface area contributed by atoms with Crippen LogP contribution in [0.15, 0.2) is 158 Å². The maximum atomic E-state index is 2.72. The predicted molar refractivity (Wildman–Crippen MR) is 191 cm³/mol. The van der Waals surface area contributed by atoms with Crippen molar-refractivity contribution in [2.45, 2.75) is 11.3 Å². The van der Waals surface area contributed by atoms with Crippen molar-refractivity contribution < 1.29 is 0 Å². The van der Waals surface area contributed by atoms with E-state index in [0.29, 0.717) is 0 Å². The smallest absolute Gasteiger partial charge is 0.184 e. The van der Waals surface area contributed by atoms with Gasteiger partial charge in [0.05, 0.1) is 22.1 Å². The third-order valence-corrected chi connectivity index (χ3v) is 16.7. The summed E-state index contributed by atoms with van der Waals surface area (Å²) < 4.78 is 2.72. The highest BCUT2D eigenvalue weighted by molar-refractivity contribution is 7.21.